The highest BCUT2D eigenvalue weighted by Gasteiger charge is 2.34. The molecule has 0 aliphatic heterocycles. The van der Waals surface area contributed by atoms with Crippen molar-refractivity contribution in [2.24, 2.45) is 5.92 Å². The van der Waals surface area contributed by atoms with Gasteiger partial charge in [-0.25, -0.2) is 0 Å². The van der Waals surface area contributed by atoms with Crippen molar-refractivity contribution in [3.8, 4) is 0 Å². The molecule has 1 heterocycles. The van der Waals surface area contributed by atoms with E-state index in [0.29, 0.717) is 12.1 Å². The minimum absolute atomic E-state index is 0.179. The average Bonchev–Trinajstić information content (AvgIpc) is 2.53. The van der Waals surface area contributed by atoms with Gasteiger partial charge in [0.2, 0.25) is 9.70 Å². The van der Waals surface area contributed by atoms with Gasteiger partial charge < -0.3 is 16.0 Å². The first-order valence-electron chi connectivity index (χ1n) is 7.94. The van der Waals surface area contributed by atoms with Crippen LogP contribution >= 0.6 is 47.0 Å². The zero-order valence-electron chi connectivity index (χ0n) is 14.2. The molecule has 3 N–H and O–H groups in total. The van der Waals surface area contributed by atoms with Crippen molar-refractivity contribution in [2.45, 2.75) is 30.2 Å². The molecule has 1 atom stereocenters. The average molecular weight is 434 g/mol. The molecule has 1 aromatic heterocycles. The Morgan fingerprint density at radius 2 is 1.88 bits per heavy atom. The largest absolute Gasteiger partial charge is 0.339 e. The van der Waals surface area contributed by atoms with Crippen molar-refractivity contribution in [3.63, 3.8) is 0 Å². The number of hydrogen-bond acceptors (Lipinski definition) is 3. The molecule has 0 radical (unpaired) electrons. The smallest absolute Gasteiger partial charge is 0.228 e. The van der Waals surface area contributed by atoms with Crippen molar-refractivity contribution in [1.82, 2.24) is 15.6 Å². The molecule has 0 aliphatic rings. The fourth-order valence-electron chi connectivity index (χ4n) is 2.29. The summed E-state index contributed by atoms with van der Waals surface area (Å²) < 4.78 is -1.78. The summed E-state index contributed by atoms with van der Waals surface area (Å²) in [6.45, 7) is 3.86. The fourth-order valence-corrected chi connectivity index (χ4v) is 2.84. The van der Waals surface area contributed by atoms with Crippen LogP contribution in [0.4, 0.5) is 5.69 Å². The summed E-state index contributed by atoms with van der Waals surface area (Å²) >= 11 is 23.2. The number of fused-ring (bicyclic) bond motifs is 1. The van der Waals surface area contributed by atoms with Gasteiger partial charge in [-0.05, 0) is 30.3 Å². The number of aromatic nitrogens is 1. The minimum Gasteiger partial charge on any atom is -0.339 e. The molecule has 140 valence electrons. The molecule has 0 saturated carbocycles. The predicted octanol–water partition coefficient (Wildman–Crippen LogP) is 4.38. The third-order valence-electron chi connectivity index (χ3n) is 3.38. The first-order valence-corrected chi connectivity index (χ1v) is 9.48. The number of halogens is 3. The van der Waals surface area contributed by atoms with Crippen LogP contribution in [0.1, 0.15) is 20.3 Å². The number of benzene rings is 1. The van der Waals surface area contributed by atoms with Crippen molar-refractivity contribution in [1.29, 1.82) is 0 Å². The summed E-state index contributed by atoms with van der Waals surface area (Å²) in [5.74, 6) is -0.0590. The Kier molecular flexibility index (Phi) is 7.29. The maximum absolute atomic E-state index is 12.0. The van der Waals surface area contributed by atoms with Gasteiger partial charge in [0.05, 0.1) is 11.2 Å². The number of nitrogens with zero attached hydrogens (tertiary/aromatic N) is 1. The second-order valence-corrected chi connectivity index (χ2v) is 8.90. The molecular formula is C17H19Cl3N4OS. The van der Waals surface area contributed by atoms with Crippen molar-refractivity contribution < 1.29 is 4.79 Å². The van der Waals surface area contributed by atoms with Gasteiger partial charge in [-0.1, -0.05) is 66.8 Å². The third-order valence-corrected chi connectivity index (χ3v) is 4.26. The van der Waals surface area contributed by atoms with Crippen LogP contribution in [0.5, 0.6) is 0 Å². The molecule has 26 heavy (non-hydrogen) atoms. The standard InChI is InChI=1S/C17H19Cl3N4OS/c1-10(2)9-13(25)23-15(17(18,19)20)24-16(26)22-12-7-3-5-11-6-4-8-21-14(11)12/h3-8,10,15H,9H2,1-2H3,(H,23,25)(H2,22,24,26)/t15-/m1/s1. The SMILES string of the molecule is CC(C)CC(=O)N[C@H](NC(=S)Nc1cccc2cccnc12)C(Cl)(Cl)Cl. The van der Waals surface area contributed by atoms with E-state index >= 15 is 0 Å². The lowest BCUT2D eigenvalue weighted by atomic mass is 10.1. The fraction of sp³-hybridized carbons (Fsp3) is 0.353. The van der Waals surface area contributed by atoms with Crippen LogP contribution in [0.2, 0.25) is 0 Å². The van der Waals surface area contributed by atoms with Crippen LogP contribution in [0, 0.1) is 5.92 Å². The molecule has 1 amide bonds. The number of alkyl halides is 3. The molecule has 0 aliphatic carbocycles. The van der Waals surface area contributed by atoms with Crippen LogP contribution in [0.15, 0.2) is 36.5 Å². The van der Waals surface area contributed by atoms with Crippen molar-refractivity contribution in [2.75, 3.05) is 5.32 Å². The van der Waals surface area contributed by atoms with Gasteiger partial charge in [-0.2, -0.15) is 0 Å². The Labute approximate surface area is 172 Å². The third kappa shape index (κ3) is 6.13. The first kappa shape index (κ1) is 21.0. The lowest BCUT2D eigenvalue weighted by molar-refractivity contribution is -0.122. The van der Waals surface area contributed by atoms with Crippen LogP contribution in [-0.2, 0) is 4.79 Å². The van der Waals surface area contributed by atoms with Gasteiger partial charge in [0.15, 0.2) is 5.11 Å². The maximum Gasteiger partial charge on any atom is 0.228 e. The predicted molar refractivity (Wildman–Crippen MR) is 113 cm³/mol. The van der Waals surface area contributed by atoms with Gasteiger partial charge >= 0.3 is 0 Å². The van der Waals surface area contributed by atoms with E-state index in [9.17, 15) is 4.79 Å². The Morgan fingerprint density at radius 3 is 2.54 bits per heavy atom. The summed E-state index contributed by atoms with van der Waals surface area (Å²) in [7, 11) is 0. The summed E-state index contributed by atoms with van der Waals surface area (Å²) in [5, 5.41) is 9.68. The number of anilines is 1. The summed E-state index contributed by atoms with van der Waals surface area (Å²) in [4.78, 5) is 16.4. The Morgan fingerprint density at radius 1 is 1.19 bits per heavy atom. The second-order valence-electron chi connectivity index (χ2n) is 6.12. The van der Waals surface area contributed by atoms with E-state index in [-0.39, 0.29) is 16.9 Å². The number of hydrogen-bond donors (Lipinski definition) is 3. The molecular weight excluding hydrogens is 415 g/mol. The number of pyridine rings is 1. The lowest BCUT2D eigenvalue weighted by Crippen LogP contribution is -2.56. The number of carbonyl (C=O) groups is 1. The highest BCUT2D eigenvalue weighted by atomic mass is 35.6. The number of rotatable bonds is 5. The molecule has 5 nitrogen and oxygen atoms in total. The summed E-state index contributed by atoms with van der Waals surface area (Å²) in [6, 6.07) is 9.46. The molecule has 0 fully saturated rings. The van der Waals surface area contributed by atoms with Crippen molar-refractivity contribution >= 4 is 74.6 Å². The topological polar surface area (TPSA) is 66.1 Å². The second kappa shape index (κ2) is 9.04. The van der Waals surface area contributed by atoms with E-state index in [0.717, 1.165) is 10.9 Å². The first-order chi connectivity index (χ1) is 12.2. The van der Waals surface area contributed by atoms with Gasteiger partial charge in [-0.15, -0.1) is 0 Å². The van der Waals surface area contributed by atoms with Gasteiger partial charge in [-0.3, -0.25) is 9.78 Å². The highest BCUT2D eigenvalue weighted by Crippen LogP contribution is 2.29. The Balaban J connectivity index is 2.10. The Bertz CT molecular complexity index is 790. The number of nitrogens with one attached hydrogen (secondary N) is 3. The van der Waals surface area contributed by atoms with E-state index in [2.05, 4.69) is 20.9 Å². The quantitative estimate of drug-likeness (QED) is 0.371. The lowest BCUT2D eigenvalue weighted by Gasteiger charge is -2.28. The molecule has 0 spiro atoms. The molecule has 9 heteroatoms. The van der Waals surface area contributed by atoms with Crippen LogP contribution in [0.25, 0.3) is 10.9 Å². The number of para-hydroxylation sites is 1. The number of carbonyl (C=O) groups excluding carboxylic acids is 1. The zero-order valence-corrected chi connectivity index (χ0v) is 17.3. The van der Waals surface area contributed by atoms with Crippen LogP contribution in [0.3, 0.4) is 0 Å². The van der Waals surface area contributed by atoms with E-state index < -0.39 is 9.96 Å². The summed E-state index contributed by atoms with van der Waals surface area (Å²) in [6.07, 6.45) is 1.02. The normalized spacial score (nSPS) is 12.7. The molecule has 1 aromatic carbocycles. The monoisotopic (exact) mass is 432 g/mol. The van der Waals surface area contributed by atoms with Crippen molar-refractivity contribution in [3.05, 3.63) is 36.5 Å². The molecule has 0 bridgehead atoms. The number of amides is 1. The van der Waals surface area contributed by atoms with E-state index in [1.54, 1.807) is 6.20 Å². The maximum atomic E-state index is 12.0. The van der Waals surface area contributed by atoms with E-state index in [1.165, 1.54) is 0 Å². The molecule has 2 rings (SSSR count). The van der Waals surface area contributed by atoms with Gasteiger partial charge in [0.25, 0.3) is 0 Å². The highest BCUT2D eigenvalue weighted by molar-refractivity contribution is 7.80. The zero-order chi connectivity index (χ0) is 19.3. The van der Waals surface area contributed by atoms with Gasteiger partial charge in [0, 0.05) is 18.0 Å². The van der Waals surface area contributed by atoms with Crippen LogP contribution < -0.4 is 16.0 Å². The number of thiocarbonyl (C=S) groups is 1. The molecule has 0 unspecified atom stereocenters. The van der Waals surface area contributed by atoms with Gasteiger partial charge in [0.1, 0.15) is 6.17 Å². The van der Waals surface area contributed by atoms with E-state index in [4.69, 9.17) is 47.0 Å². The molecule has 0 saturated heterocycles. The minimum atomic E-state index is -1.78. The Hall–Kier alpha value is -1.34. The summed E-state index contributed by atoms with van der Waals surface area (Å²) in [5.41, 5.74) is 1.46. The van der Waals surface area contributed by atoms with Crippen LogP contribution in [-0.4, -0.2) is 26.0 Å². The molecule has 2 aromatic rings. The van der Waals surface area contributed by atoms with E-state index in [1.807, 2.05) is 44.2 Å².